The van der Waals surface area contributed by atoms with Crippen LogP contribution in [0.25, 0.3) is 0 Å². The predicted octanol–water partition coefficient (Wildman–Crippen LogP) is 1.89. The molecule has 1 aliphatic carbocycles. The van der Waals surface area contributed by atoms with Crippen LogP contribution in [0.1, 0.15) is 42.9 Å². The minimum atomic E-state index is -0.111. The molecule has 0 aromatic carbocycles. The molecule has 1 aromatic rings. The van der Waals surface area contributed by atoms with Crippen LogP contribution in [0.2, 0.25) is 0 Å². The number of hydrogen-bond acceptors (Lipinski definition) is 5. The van der Waals surface area contributed by atoms with E-state index in [1.165, 1.54) is 24.2 Å². The molecule has 1 fully saturated rings. The lowest BCUT2D eigenvalue weighted by Gasteiger charge is -2.07. The van der Waals surface area contributed by atoms with Crippen LogP contribution >= 0.6 is 11.3 Å². The van der Waals surface area contributed by atoms with Crippen LogP contribution in [0.15, 0.2) is 0 Å². The smallest absolute Gasteiger partial charge is 0.282 e. The van der Waals surface area contributed by atoms with Crippen molar-refractivity contribution in [2.75, 3.05) is 18.4 Å². The molecule has 0 saturated heterocycles. The largest absolute Gasteiger partial charge is 0.360 e. The number of aromatic nitrogens is 2. The molecule has 0 atom stereocenters. The maximum absolute atomic E-state index is 11.8. The molecule has 1 saturated carbocycles. The third-order valence-corrected chi connectivity index (χ3v) is 3.80. The maximum Gasteiger partial charge on any atom is 0.282 e. The number of nitrogens with zero attached hydrogens (tertiary/aromatic N) is 2. The molecular weight excluding hydrogens is 236 g/mol. The van der Waals surface area contributed by atoms with Gasteiger partial charge in [0.05, 0.1) is 0 Å². The molecule has 5 nitrogen and oxygen atoms in total. The Bertz CT molecular complexity index is 400. The van der Waals surface area contributed by atoms with Gasteiger partial charge >= 0.3 is 0 Å². The van der Waals surface area contributed by atoms with E-state index in [1.807, 2.05) is 0 Å². The molecule has 2 rings (SSSR count). The van der Waals surface area contributed by atoms with Crippen molar-refractivity contribution < 1.29 is 4.79 Å². The highest BCUT2D eigenvalue weighted by Gasteiger charge is 2.37. The fourth-order valence-corrected chi connectivity index (χ4v) is 2.06. The van der Waals surface area contributed by atoms with Crippen LogP contribution in [0.4, 0.5) is 5.13 Å². The molecule has 0 spiro atoms. The summed E-state index contributed by atoms with van der Waals surface area (Å²) >= 11 is 1.31. The van der Waals surface area contributed by atoms with Crippen molar-refractivity contribution >= 4 is 22.4 Å². The number of hydrogen-bond donors (Lipinski definition) is 2. The quantitative estimate of drug-likeness (QED) is 0.813. The average Bonchev–Trinajstić information content (AvgIpc) is 2.88. The van der Waals surface area contributed by atoms with Crippen molar-refractivity contribution in [1.82, 2.24) is 15.5 Å². The molecule has 0 unspecified atom stereocenters. The van der Waals surface area contributed by atoms with Gasteiger partial charge in [-0.1, -0.05) is 25.2 Å². The lowest BCUT2D eigenvalue weighted by atomic mass is 10.1. The number of amides is 1. The summed E-state index contributed by atoms with van der Waals surface area (Å²) in [5.41, 5.74) is 0.323. The average molecular weight is 254 g/mol. The third-order valence-electron chi connectivity index (χ3n) is 2.92. The second-order valence-corrected chi connectivity index (χ2v) is 5.81. The standard InChI is InChI=1S/C11H18N4OS/c1-3-6-12-10-15-14-9(17-10)8(16)13-7-11(2)4-5-11/h3-7H2,1-2H3,(H,12,15)(H,13,16). The lowest BCUT2D eigenvalue weighted by Crippen LogP contribution is -2.28. The van der Waals surface area contributed by atoms with Crippen LogP contribution in [0.3, 0.4) is 0 Å². The minimum absolute atomic E-state index is 0.111. The van der Waals surface area contributed by atoms with Gasteiger partial charge in [0.15, 0.2) is 0 Å². The second kappa shape index (κ2) is 5.00. The van der Waals surface area contributed by atoms with Crippen LogP contribution in [-0.4, -0.2) is 29.2 Å². The summed E-state index contributed by atoms with van der Waals surface area (Å²) in [6.45, 7) is 5.86. The Balaban J connectivity index is 1.83. The topological polar surface area (TPSA) is 66.9 Å². The molecule has 1 aliphatic rings. The van der Waals surface area contributed by atoms with E-state index in [1.54, 1.807) is 0 Å². The van der Waals surface area contributed by atoms with Crippen molar-refractivity contribution in [2.45, 2.75) is 33.1 Å². The number of carbonyl (C=O) groups excluding carboxylic acids is 1. The lowest BCUT2D eigenvalue weighted by molar-refractivity contribution is 0.0945. The van der Waals surface area contributed by atoms with E-state index in [9.17, 15) is 4.79 Å². The molecule has 6 heteroatoms. The van der Waals surface area contributed by atoms with E-state index in [4.69, 9.17) is 0 Å². The summed E-state index contributed by atoms with van der Waals surface area (Å²) in [6.07, 6.45) is 3.43. The summed E-state index contributed by atoms with van der Waals surface area (Å²) in [6, 6.07) is 0. The van der Waals surface area contributed by atoms with Gasteiger partial charge in [-0.05, 0) is 24.7 Å². The Labute approximate surface area is 105 Å². The Kier molecular flexibility index (Phi) is 3.61. The SMILES string of the molecule is CCCNc1nnc(C(=O)NCC2(C)CC2)s1. The molecule has 94 valence electrons. The number of anilines is 1. The van der Waals surface area contributed by atoms with Gasteiger partial charge in [0.2, 0.25) is 10.1 Å². The number of carbonyl (C=O) groups is 1. The first-order chi connectivity index (χ1) is 8.13. The highest BCUT2D eigenvalue weighted by atomic mass is 32.1. The van der Waals surface area contributed by atoms with Gasteiger partial charge in [-0.25, -0.2) is 0 Å². The summed E-state index contributed by atoms with van der Waals surface area (Å²) in [5.74, 6) is -0.111. The zero-order valence-electron chi connectivity index (χ0n) is 10.2. The fraction of sp³-hybridized carbons (Fsp3) is 0.727. The van der Waals surface area contributed by atoms with Crippen LogP contribution < -0.4 is 10.6 Å². The molecule has 0 aliphatic heterocycles. The molecular formula is C11H18N4OS. The minimum Gasteiger partial charge on any atom is -0.360 e. The van der Waals surface area contributed by atoms with E-state index in [0.717, 1.165) is 24.6 Å². The highest BCUT2D eigenvalue weighted by Crippen LogP contribution is 2.44. The van der Waals surface area contributed by atoms with Crippen LogP contribution in [0, 0.1) is 5.41 Å². The molecule has 1 heterocycles. The molecule has 1 amide bonds. The Hall–Kier alpha value is -1.17. The van der Waals surface area contributed by atoms with Gasteiger partial charge < -0.3 is 10.6 Å². The monoisotopic (exact) mass is 254 g/mol. The van der Waals surface area contributed by atoms with Crippen molar-refractivity contribution in [1.29, 1.82) is 0 Å². The van der Waals surface area contributed by atoms with Crippen molar-refractivity contribution in [2.24, 2.45) is 5.41 Å². The van der Waals surface area contributed by atoms with E-state index in [0.29, 0.717) is 10.4 Å². The normalized spacial score (nSPS) is 16.6. The van der Waals surface area contributed by atoms with Gasteiger partial charge in [-0.15, -0.1) is 10.2 Å². The van der Waals surface area contributed by atoms with Crippen molar-refractivity contribution in [3.8, 4) is 0 Å². The Morgan fingerprint density at radius 1 is 1.47 bits per heavy atom. The fourth-order valence-electron chi connectivity index (χ4n) is 1.38. The first-order valence-corrected chi connectivity index (χ1v) is 6.80. The van der Waals surface area contributed by atoms with E-state index in [-0.39, 0.29) is 5.91 Å². The number of nitrogens with one attached hydrogen (secondary N) is 2. The van der Waals surface area contributed by atoms with Gasteiger partial charge in [0.1, 0.15) is 0 Å². The summed E-state index contributed by atoms with van der Waals surface area (Å²) in [4.78, 5) is 11.8. The first kappa shape index (κ1) is 12.3. The van der Waals surface area contributed by atoms with Gasteiger partial charge in [-0.3, -0.25) is 4.79 Å². The maximum atomic E-state index is 11.8. The molecule has 1 aromatic heterocycles. The molecule has 2 N–H and O–H groups in total. The summed E-state index contributed by atoms with van der Waals surface area (Å²) in [7, 11) is 0. The van der Waals surface area contributed by atoms with E-state index >= 15 is 0 Å². The van der Waals surface area contributed by atoms with Crippen LogP contribution in [-0.2, 0) is 0 Å². The Morgan fingerprint density at radius 3 is 2.88 bits per heavy atom. The van der Waals surface area contributed by atoms with Crippen LogP contribution in [0.5, 0.6) is 0 Å². The Morgan fingerprint density at radius 2 is 2.24 bits per heavy atom. The van der Waals surface area contributed by atoms with Crippen molar-refractivity contribution in [3.05, 3.63) is 5.01 Å². The van der Waals surface area contributed by atoms with E-state index in [2.05, 4.69) is 34.7 Å². The molecule has 0 bridgehead atoms. The first-order valence-electron chi connectivity index (χ1n) is 5.98. The summed E-state index contributed by atoms with van der Waals surface area (Å²) in [5, 5.41) is 15.0. The highest BCUT2D eigenvalue weighted by molar-refractivity contribution is 7.17. The third kappa shape index (κ3) is 3.39. The predicted molar refractivity (Wildman–Crippen MR) is 68.4 cm³/mol. The van der Waals surface area contributed by atoms with Crippen molar-refractivity contribution in [3.63, 3.8) is 0 Å². The van der Waals surface area contributed by atoms with Gasteiger partial charge in [-0.2, -0.15) is 0 Å². The summed E-state index contributed by atoms with van der Waals surface area (Å²) < 4.78 is 0. The number of rotatable bonds is 6. The second-order valence-electron chi connectivity index (χ2n) is 4.83. The zero-order valence-corrected chi connectivity index (χ0v) is 11.1. The molecule has 17 heavy (non-hydrogen) atoms. The van der Waals surface area contributed by atoms with Gasteiger partial charge in [0, 0.05) is 13.1 Å². The van der Waals surface area contributed by atoms with Gasteiger partial charge in [0.25, 0.3) is 5.91 Å². The van der Waals surface area contributed by atoms with E-state index < -0.39 is 0 Å². The zero-order chi connectivity index (χ0) is 12.3. The molecule has 0 radical (unpaired) electrons.